The van der Waals surface area contributed by atoms with E-state index in [-0.39, 0.29) is 12.5 Å². The number of carboxylic acid groups (broad SMARTS) is 1. The smallest absolute Gasteiger partial charge is 0.320 e. The van der Waals surface area contributed by atoms with E-state index >= 15 is 0 Å². The standard InChI is InChI=1S/C11H23NO3/c1-9(2)10(11(14)15)12-7-5-3-4-6-8-13/h9-10,12-13H,3-8H2,1-2H3,(H,14,15). The SMILES string of the molecule is CC(C)C(NCCCCCCO)C(=O)O. The molecular weight excluding hydrogens is 194 g/mol. The lowest BCUT2D eigenvalue weighted by molar-refractivity contribution is -0.140. The molecule has 0 aromatic carbocycles. The zero-order valence-electron chi connectivity index (χ0n) is 9.70. The Morgan fingerprint density at radius 3 is 2.27 bits per heavy atom. The molecule has 0 spiro atoms. The molecule has 1 unspecified atom stereocenters. The zero-order chi connectivity index (χ0) is 11.7. The molecule has 0 aromatic heterocycles. The van der Waals surface area contributed by atoms with E-state index in [9.17, 15) is 4.79 Å². The lowest BCUT2D eigenvalue weighted by Gasteiger charge is -2.17. The second-order valence-electron chi connectivity index (χ2n) is 4.15. The lowest BCUT2D eigenvalue weighted by Crippen LogP contribution is -2.41. The minimum Gasteiger partial charge on any atom is -0.480 e. The molecule has 4 heteroatoms. The molecular formula is C11H23NO3. The number of carboxylic acids is 1. The summed E-state index contributed by atoms with van der Waals surface area (Å²) in [4.78, 5) is 10.8. The zero-order valence-corrected chi connectivity index (χ0v) is 9.70. The molecule has 0 bridgehead atoms. The van der Waals surface area contributed by atoms with E-state index < -0.39 is 12.0 Å². The summed E-state index contributed by atoms with van der Waals surface area (Å²) in [7, 11) is 0. The van der Waals surface area contributed by atoms with E-state index in [0.717, 1.165) is 32.2 Å². The van der Waals surface area contributed by atoms with Crippen molar-refractivity contribution in [2.45, 2.75) is 45.6 Å². The summed E-state index contributed by atoms with van der Waals surface area (Å²) in [5.74, 6) is -0.666. The fraction of sp³-hybridized carbons (Fsp3) is 0.909. The summed E-state index contributed by atoms with van der Waals surface area (Å²) < 4.78 is 0. The maximum Gasteiger partial charge on any atom is 0.320 e. The van der Waals surface area contributed by atoms with Crippen molar-refractivity contribution in [3.63, 3.8) is 0 Å². The highest BCUT2D eigenvalue weighted by Gasteiger charge is 2.19. The van der Waals surface area contributed by atoms with Gasteiger partial charge >= 0.3 is 5.97 Å². The summed E-state index contributed by atoms with van der Waals surface area (Å²) in [6, 6.07) is -0.442. The first kappa shape index (κ1) is 14.4. The minimum atomic E-state index is -0.777. The van der Waals surface area contributed by atoms with Gasteiger partial charge < -0.3 is 15.5 Å². The number of carbonyl (C=O) groups is 1. The fourth-order valence-corrected chi connectivity index (χ4v) is 1.46. The quantitative estimate of drug-likeness (QED) is 0.508. The molecule has 0 radical (unpaired) electrons. The maximum atomic E-state index is 10.8. The van der Waals surface area contributed by atoms with Crippen LogP contribution in [0.1, 0.15) is 39.5 Å². The fourth-order valence-electron chi connectivity index (χ4n) is 1.46. The molecule has 0 rings (SSSR count). The van der Waals surface area contributed by atoms with Gasteiger partial charge in [-0.15, -0.1) is 0 Å². The van der Waals surface area contributed by atoms with Crippen LogP contribution in [0.2, 0.25) is 0 Å². The van der Waals surface area contributed by atoms with Crippen molar-refractivity contribution in [3.05, 3.63) is 0 Å². The Bertz CT molecular complexity index is 171. The molecule has 0 aliphatic heterocycles. The number of aliphatic hydroxyl groups is 1. The summed E-state index contributed by atoms with van der Waals surface area (Å²) in [6.07, 6.45) is 3.86. The number of nitrogens with one attached hydrogen (secondary N) is 1. The first-order chi connectivity index (χ1) is 7.09. The molecule has 1 atom stereocenters. The van der Waals surface area contributed by atoms with Crippen LogP contribution in [0.3, 0.4) is 0 Å². The molecule has 0 aliphatic carbocycles. The summed E-state index contributed by atoms with van der Waals surface area (Å²) in [6.45, 7) is 4.78. The second kappa shape index (κ2) is 8.68. The molecule has 4 nitrogen and oxygen atoms in total. The van der Waals surface area contributed by atoms with Crippen molar-refractivity contribution in [3.8, 4) is 0 Å². The molecule has 3 N–H and O–H groups in total. The minimum absolute atomic E-state index is 0.111. The van der Waals surface area contributed by atoms with Crippen molar-refractivity contribution in [1.29, 1.82) is 0 Å². The summed E-state index contributed by atoms with van der Waals surface area (Å²) >= 11 is 0. The van der Waals surface area contributed by atoms with Gasteiger partial charge in [0.05, 0.1) is 0 Å². The highest BCUT2D eigenvalue weighted by molar-refractivity contribution is 5.73. The Morgan fingerprint density at radius 1 is 1.20 bits per heavy atom. The third-order valence-electron chi connectivity index (χ3n) is 2.38. The Morgan fingerprint density at radius 2 is 1.80 bits per heavy atom. The predicted molar refractivity (Wildman–Crippen MR) is 59.8 cm³/mol. The molecule has 0 fully saturated rings. The number of hydrogen-bond acceptors (Lipinski definition) is 3. The van der Waals surface area contributed by atoms with Crippen molar-refractivity contribution in [1.82, 2.24) is 5.32 Å². The third kappa shape index (κ3) is 7.33. The largest absolute Gasteiger partial charge is 0.480 e. The van der Waals surface area contributed by atoms with Crippen LogP contribution in [0.15, 0.2) is 0 Å². The van der Waals surface area contributed by atoms with Gasteiger partial charge in [0.2, 0.25) is 0 Å². The van der Waals surface area contributed by atoms with Gasteiger partial charge in [0.15, 0.2) is 0 Å². The van der Waals surface area contributed by atoms with Crippen LogP contribution < -0.4 is 5.32 Å². The van der Waals surface area contributed by atoms with Crippen molar-refractivity contribution in [2.24, 2.45) is 5.92 Å². The van der Waals surface area contributed by atoms with Gasteiger partial charge in [-0.25, -0.2) is 0 Å². The monoisotopic (exact) mass is 217 g/mol. The molecule has 0 aromatic rings. The van der Waals surface area contributed by atoms with E-state index in [1.54, 1.807) is 0 Å². The Balaban J connectivity index is 3.50. The van der Waals surface area contributed by atoms with Gasteiger partial charge in [-0.2, -0.15) is 0 Å². The number of hydrogen-bond donors (Lipinski definition) is 3. The van der Waals surface area contributed by atoms with Gasteiger partial charge in [-0.05, 0) is 25.3 Å². The molecule has 0 saturated heterocycles. The molecule has 0 heterocycles. The second-order valence-corrected chi connectivity index (χ2v) is 4.15. The van der Waals surface area contributed by atoms with E-state index in [1.165, 1.54) is 0 Å². The third-order valence-corrected chi connectivity index (χ3v) is 2.38. The summed E-state index contributed by atoms with van der Waals surface area (Å²) in [5.41, 5.74) is 0. The topological polar surface area (TPSA) is 69.6 Å². The van der Waals surface area contributed by atoms with Crippen LogP contribution in [0.5, 0.6) is 0 Å². The first-order valence-corrected chi connectivity index (χ1v) is 5.66. The van der Waals surface area contributed by atoms with E-state index in [0.29, 0.717) is 0 Å². The van der Waals surface area contributed by atoms with Crippen LogP contribution in [0.25, 0.3) is 0 Å². The normalized spacial score (nSPS) is 13.1. The maximum absolute atomic E-state index is 10.8. The van der Waals surface area contributed by atoms with Crippen molar-refractivity contribution < 1.29 is 15.0 Å². The van der Waals surface area contributed by atoms with Crippen molar-refractivity contribution in [2.75, 3.05) is 13.2 Å². The molecule has 0 amide bonds. The van der Waals surface area contributed by atoms with E-state index in [4.69, 9.17) is 10.2 Å². The van der Waals surface area contributed by atoms with Gasteiger partial charge in [0.1, 0.15) is 6.04 Å². The average Bonchev–Trinajstić information content (AvgIpc) is 2.15. The van der Waals surface area contributed by atoms with Crippen LogP contribution >= 0.6 is 0 Å². The van der Waals surface area contributed by atoms with Crippen molar-refractivity contribution >= 4 is 5.97 Å². The number of rotatable bonds is 9. The van der Waals surface area contributed by atoms with Gasteiger partial charge in [0, 0.05) is 6.61 Å². The predicted octanol–water partition coefficient (Wildman–Crippen LogP) is 1.24. The molecule has 15 heavy (non-hydrogen) atoms. The van der Waals surface area contributed by atoms with Gasteiger partial charge in [-0.1, -0.05) is 26.7 Å². The number of aliphatic carboxylic acids is 1. The highest BCUT2D eigenvalue weighted by atomic mass is 16.4. The van der Waals surface area contributed by atoms with Crippen LogP contribution in [0.4, 0.5) is 0 Å². The average molecular weight is 217 g/mol. The highest BCUT2D eigenvalue weighted by Crippen LogP contribution is 2.03. The van der Waals surface area contributed by atoms with Gasteiger partial charge in [-0.3, -0.25) is 4.79 Å². The Kier molecular flexibility index (Phi) is 8.33. The Hall–Kier alpha value is -0.610. The lowest BCUT2D eigenvalue weighted by atomic mass is 10.0. The summed E-state index contributed by atoms with van der Waals surface area (Å²) in [5, 5.41) is 20.5. The number of unbranched alkanes of at least 4 members (excludes halogenated alkanes) is 3. The molecule has 90 valence electrons. The Labute approximate surface area is 91.7 Å². The van der Waals surface area contributed by atoms with Crippen LogP contribution in [-0.2, 0) is 4.79 Å². The van der Waals surface area contributed by atoms with Crippen LogP contribution in [-0.4, -0.2) is 35.4 Å². The molecule has 0 aliphatic rings. The number of aliphatic hydroxyl groups excluding tert-OH is 1. The van der Waals surface area contributed by atoms with Gasteiger partial charge in [0.25, 0.3) is 0 Å². The first-order valence-electron chi connectivity index (χ1n) is 5.66. The van der Waals surface area contributed by atoms with E-state index in [1.807, 2.05) is 13.8 Å². The van der Waals surface area contributed by atoms with Crippen LogP contribution in [0, 0.1) is 5.92 Å². The van der Waals surface area contributed by atoms with E-state index in [2.05, 4.69) is 5.32 Å². The molecule has 0 saturated carbocycles.